The third-order valence-corrected chi connectivity index (χ3v) is 5.05. The summed E-state index contributed by atoms with van der Waals surface area (Å²) < 4.78 is 33.4. The number of halogens is 3. The van der Waals surface area contributed by atoms with E-state index in [1.807, 2.05) is 0 Å². The highest BCUT2D eigenvalue weighted by atomic mass is 35.5. The Labute approximate surface area is 191 Å². The van der Waals surface area contributed by atoms with Crippen LogP contribution in [0.2, 0.25) is 5.02 Å². The molecular weight excluding hydrogens is 462 g/mol. The van der Waals surface area contributed by atoms with E-state index in [-0.39, 0.29) is 11.4 Å². The Balaban J connectivity index is 2.03. The molecule has 0 aliphatic heterocycles. The molecule has 0 bridgehead atoms. The third kappa shape index (κ3) is 4.85. The zero-order chi connectivity index (χ0) is 24.4. The minimum absolute atomic E-state index is 0.0241. The average molecular weight is 481 g/mol. The van der Waals surface area contributed by atoms with E-state index >= 15 is 0 Å². The van der Waals surface area contributed by atoms with Crippen molar-refractivity contribution in [3.8, 4) is 11.4 Å². The lowest BCUT2D eigenvalue weighted by atomic mass is 10.2. The van der Waals surface area contributed by atoms with Crippen molar-refractivity contribution < 1.29 is 28.3 Å². The van der Waals surface area contributed by atoms with E-state index < -0.39 is 40.1 Å². The number of hydrogen-bond acceptors (Lipinski definition) is 7. The molecule has 9 nitrogen and oxygen atoms in total. The van der Waals surface area contributed by atoms with Crippen molar-refractivity contribution in [2.45, 2.75) is 20.1 Å². The van der Waals surface area contributed by atoms with Gasteiger partial charge >= 0.3 is 0 Å². The fraction of sp³-hybridized carbons (Fsp3) is 0.238. The van der Waals surface area contributed by atoms with Crippen molar-refractivity contribution >= 4 is 17.5 Å². The predicted molar refractivity (Wildman–Crippen MR) is 113 cm³/mol. The quantitative estimate of drug-likeness (QED) is 0.427. The van der Waals surface area contributed by atoms with Gasteiger partial charge in [0.15, 0.2) is 5.82 Å². The monoisotopic (exact) mass is 480 g/mol. The zero-order valence-electron chi connectivity index (χ0n) is 18.0. The lowest BCUT2D eigenvalue weighted by Crippen LogP contribution is -2.27. The van der Waals surface area contributed by atoms with Crippen LogP contribution in [-0.4, -0.2) is 44.8 Å². The summed E-state index contributed by atoms with van der Waals surface area (Å²) >= 11 is 6.19. The molecule has 1 atom stereocenters. The maximum atomic E-state index is 13.9. The molecule has 3 rings (SSSR count). The molecule has 0 saturated carbocycles. The minimum atomic E-state index is -1.95. The van der Waals surface area contributed by atoms with Gasteiger partial charge in [-0.1, -0.05) is 11.6 Å². The Morgan fingerprint density at radius 1 is 1.21 bits per heavy atom. The lowest BCUT2D eigenvalue weighted by Gasteiger charge is -2.19. The number of rotatable bonds is 6. The summed E-state index contributed by atoms with van der Waals surface area (Å²) in [4.78, 5) is 37.9. The van der Waals surface area contributed by atoms with E-state index in [0.29, 0.717) is 29.2 Å². The molecule has 174 valence electrons. The van der Waals surface area contributed by atoms with Crippen LogP contribution in [0.5, 0.6) is 5.75 Å². The molecule has 1 unspecified atom stereocenters. The number of aromatic nitrogens is 3. The van der Waals surface area contributed by atoms with E-state index in [4.69, 9.17) is 21.2 Å². The van der Waals surface area contributed by atoms with Gasteiger partial charge in [0, 0.05) is 31.1 Å². The van der Waals surface area contributed by atoms with Gasteiger partial charge in [0.25, 0.3) is 11.5 Å². The van der Waals surface area contributed by atoms with E-state index in [0.717, 1.165) is 5.06 Å². The number of aliphatic hydroxyl groups is 1. The number of amides is 1. The second-order valence-corrected chi connectivity index (χ2v) is 7.31. The molecule has 3 aromatic rings. The number of ether oxygens (including phenoxy) is 1. The second kappa shape index (κ2) is 9.61. The van der Waals surface area contributed by atoms with E-state index in [9.17, 15) is 23.5 Å². The van der Waals surface area contributed by atoms with Crippen molar-refractivity contribution in [1.29, 1.82) is 0 Å². The van der Waals surface area contributed by atoms with Gasteiger partial charge < -0.3 is 9.84 Å². The largest absolute Gasteiger partial charge is 0.457 e. The minimum Gasteiger partial charge on any atom is -0.457 e. The maximum absolute atomic E-state index is 13.9. The first-order chi connectivity index (χ1) is 15.5. The first-order valence-corrected chi connectivity index (χ1v) is 9.80. The van der Waals surface area contributed by atoms with Crippen LogP contribution in [0, 0.1) is 25.5 Å². The third-order valence-electron chi connectivity index (χ3n) is 4.70. The molecule has 0 aliphatic carbocycles. The average Bonchev–Trinajstić information content (AvgIpc) is 2.77. The van der Waals surface area contributed by atoms with Crippen molar-refractivity contribution in [2.24, 2.45) is 0 Å². The molecule has 0 spiro atoms. The first kappa shape index (κ1) is 24.2. The fourth-order valence-corrected chi connectivity index (χ4v) is 3.15. The van der Waals surface area contributed by atoms with Gasteiger partial charge in [0.2, 0.25) is 6.29 Å². The molecule has 3 aromatic heterocycles. The second-order valence-electron chi connectivity index (χ2n) is 6.94. The summed E-state index contributed by atoms with van der Waals surface area (Å²) in [7, 11) is 2.73. The Kier molecular flexibility index (Phi) is 7.06. The van der Waals surface area contributed by atoms with E-state index in [1.54, 1.807) is 13.8 Å². The Morgan fingerprint density at radius 3 is 2.55 bits per heavy atom. The SMILES string of the molecule is CON(C)C(=O)c1cc(-n2c(C)cc(OC(O)c3ncc(F)cc3F)c(Cl)c2=O)c(C)cn1. The van der Waals surface area contributed by atoms with E-state index in [1.165, 1.54) is 37.1 Å². The molecular formula is C21H19ClF2N4O5. The summed E-state index contributed by atoms with van der Waals surface area (Å²) in [6, 6.07) is 3.29. The number of carbonyl (C=O) groups excluding carboxylic acids is 1. The van der Waals surface area contributed by atoms with Gasteiger partial charge in [0.1, 0.15) is 28.0 Å². The Bertz CT molecular complexity index is 1280. The van der Waals surface area contributed by atoms with Gasteiger partial charge in [-0.25, -0.2) is 18.8 Å². The molecule has 0 fully saturated rings. The van der Waals surface area contributed by atoms with Crippen molar-refractivity contribution in [1.82, 2.24) is 19.6 Å². The summed E-state index contributed by atoms with van der Waals surface area (Å²) in [6.07, 6.45) is 0.180. The first-order valence-electron chi connectivity index (χ1n) is 9.42. The summed E-state index contributed by atoms with van der Waals surface area (Å²) in [5.74, 6) is -2.83. The number of hydrogen-bond donors (Lipinski definition) is 1. The van der Waals surface area contributed by atoms with Crippen molar-refractivity contribution in [3.63, 3.8) is 0 Å². The van der Waals surface area contributed by atoms with Crippen LogP contribution in [0.4, 0.5) is 8.78 Å². The normalized spacial score (nSPS) is 11.9. The summed E-state index contributed by atoms with van der Waals surface area (Å²) in [5.41, 5.74) is -0.0495. The highest BCUT2D eigenvalue weighted by molar-refractivity contribution is 6.31. The van der Waals surface area contributed by atoms with Gasteiger partial charge in [-0.2, -0.15) is 0 Å². The number of pyridine rings is 3. The smallest absolute Gasteiger partial charge is 0.295 e. The number of carbonyl (C=O) groups is 1. The number of hydroxylamine groups is 2. The summed E-state index contributed by atoms with van der Waals surface area (Å²) in [5, 5.41) is 10.7. The predicted octanol–water partition coefficient (Wildman–Crippen LogP) is 2.88. The number of aryl methyl sites for hydroxylation is 2. The molecule has 0 aliphatic rings. The molecule has 1 N–H and O–H groups in total. The molecule has 0 aromatic carbocycles. The zero-order valence-corrected chi connectivity index (χ0v) is 18.7. The summed E-state index contributed by atoms with van der Waals surface area (Å²) in [6.45, 7) is 3.25. The van der Waals surface area contributed by atoms with Crippen LogP contribution >= 0.6 is 11.6 Å². The van der Waals surface area contributed by atoms with Gasteiger partial charge in [-0.3, -0.25) is 24.0 Å². The van der Waals surface area contributed by atoms with Gasteiger partial charge in [0.05, 0.1) is 19.0 Å². The lowest BCUT2D eigenvalue weighted by molar-refractivity contribution is -0.0760. The molecule has 12 heteroatoms. The van der Waals surface area contributed by atoms with Gasteiger partial charge in [-0.05, 0) is 25.5 Å². The Morgan fingerprint density at radius 2 is 1.91 bits per heavy atom. The molecule has 1 amide bonds. The van der Waals surface area contributed by atoms with Crippen LogP contribution in [0.1, 0.15) is 33.7 Å². The fourth-order valence-electron chi connectivity index (χ4n) is 2.96. The van der Waals surface area contributed by atoms with Crippen LogP contribution in [0.3, 0.4) is 0 Å². The number of aliphatic hydroxyl groups excluding tert-OH is 1. The molecule has 0 radical (unpaired) electrons. The van der Waals surface area contributed by atoms with Crippen LogP contribution in [0.15, 0.2) is 35.4 Å². The van der Waals surface area contributed by atoms with Gasteiger partial charge in [-0.15, -0.1) is 0 Å². The Hall–Kier alpha value is -3.41. The van der Waals surface area contributed by atoms with Crippen molar-refractivity contribution in [2.75, 3.05) is 14.2 Å². The van der Waals surface area contributed by atoms with Crippen molar-refractivity contribution in [3.05, 3.63) is 80.2 Å². The number of nitrogens with zero attached hydrogens (tertiary/aromatic N) is 4. The van der Waals surface area contributed by atoms with Crippen LogP contribution in [-0.2, 0) is 4.84 Å². The van der Waals surface area contributed by atoms with E-state index in [2.05, 4.69) is 9.97 Å². The topological polar surface area (TPSA) is 107 Å². The maximum Gasteiger partial charge on any atom is 0.295 e. The molecule has 3 heterocycles. The van der Waals surface area contributed by atoms with Crippen LogP contribution < -0.4 is 10.3 Å². The van der Waals surface area contributed by atoms with Crippen LogP contribution in [0.25, 0.3) is 5.69 Å². The molecule has 0 saturated heterocycles. The standard InChI is InChI=1S/C21H19ClF2N4O5/c1-10-8-25-14(19(29)27(3)32-4)7-15(10)28-11(2)5-16(17(22)20(28)30)33-21(31)18-13(24)6-12(23)9-26-18/h5-9,21,31H,1-4H3. The highest BCUT2D eigenvalue weighted by Gasteiger charge is 2.22. The highest BCUT2D eigenvalue weighted by Crippen LogP contribution is 2.28. The molecule has 33 heavy (non-hydrogen) atoms.